The molecule has 0 unspecified atom stereocenters. The number of carboxylic acids is 1. The van der Waals surface area contributed by atoms with Gasteiger partial charge < -0.3 is 14.7 Å². The first-order valence-electron chi connectivity index (χ1n) is 13.4. The molecule has 0 amide bonds. The molecule has 1 aliphatic heterocycles. The quantitative estimate of drug-likeness (QED) is 0.0978. The molecule has 10 heteroatoms. The van der Waals surface area contributed by atoms with Crippen LogP contribution >= 0.6 is 23.1 Å². The SMILES string of the molecule is CC/C(C(C#N)=C1Sc2ccc(C)cc2N1CCOC=O)=C(/C#N)c1sc2c3ccccc3ccc2[n+]1CCC(=O)O. The summed E-state index contributed by atoms with van der Waals surface area (Å²) in [7, 11) is 0. The molecule has 8 nitrogen and oxygen atoms in total. The van der Waals surface area contributed by atoms with Crippen molar-refractivity contribution >= 4 is 67.8 Å². The van der Waals surface area contributed by atoms with Crippen LogP contribution in [0.5, 0.6) is 0 Å². The highest BCUT2D eigenvalue weighted by Crippen LogP contribution is 2.49. The minimum Gasteiger partial charge on any atom is -0.481 e. The molecule has 2 heterocycles. The molecule has 0 saturated heterocycles. The molecule has 42 heavy (non-hydrogen) atoms. The number of aryl methyl sites for hydroxylation is 2. The van der Waals surface area contributed by atoms with Gasteiger partial charge in [0, 0.05) is 16.3 Å². The molecule has 0 spiro atoms. The minimum absolute atomic E-state index is 0.113. The van der Waals surface area contributed by atoms with Crippen LogP contribution in [0.25, 0.3) is 26.6 Å². The fourth-order valence-corrected chi connectivity index (χ4v) is 7.72. The number of aromatic nitrogens is 1. The fraction of sp³-hybridized carbons (Fsp3) is 0.219. The molecular formula is C32H27N4O4S2+. The van der Waals surface area contributed by atoms with Crippen molar-refractivity contribution in [1.82, 2.24) is 0 Å². The summed E-state index contributed by atoms with van der Waals surface area (Å²) in [6, 6.07) is 22.7. The first kappa shape index (κ1) is 28.9. The number of hydrogen-bond acceptors (Lipinski definition) is 8. The molecule has 5 rings (SSSR count). The minimum atomic E-state index is -0.935. The van der Waals surface area contributed by atoms with Crippen molar-refractivity contribution in [2.75, 3.05) is 18.1 Å². The number of thiazole rings is 1. The Bertz CT molecular complexity index is 1880. The topological polar surface area (TPSA) is 118 Å². The summed E-state index contributed by atoms with van der Waals surface area (Å²) in [4.78, 5) is 25.4. The predicted octanol–water partition coefficient (Wildman–Crippen LogP) is 6.33. The van der Waals surface area contributed by atoms with Gasteiger partial charge in [0.2, 0.25) is 5.52 Å². The lowest BCUT2D eigenvalue weighted by Gasteiger charge is -2.22. The van der Waals surface area contributed by atoms with E-state index in [9.17, 15) is 25.2 Å². The monoisotopic (exact) mass is 595 g/mol. The second-order valence-corrected chi connectivity index (χ2v) is 11.7. The lowest BCUT2D eigenvalue weighted by atomic mass is 9.99. The van der Waals surface area contributed by atoms with E-state index in [4.69, 9.17) is 4.74 Å². The highest BCUT2D eigenvalue weighted by Gasteiger charge is 2.33. The molecule has 1 N–H and O–H groups in total. The molecule has 0 radical (unpaired) electrons. The Morgan fingerprint density at radius 2 is 1.95 bits per heavy atom. The van der Waals surface area contributed by atoms with Crippen molar-refractivity contribution in [3.05, 3.63) is 81.3 Å². The van der Waals surface area contributed by atoms with Gasteiger partial charge in [-0.05, 0) is 48.1 Å². The second kappa shape index (κ2) is 12.5. The molecule has 1 aliphatic rings. The standard InChI is InChI=1S/C32H26N4O4S2/c1-3-22(24(17-33)31-36(14-15-40-19-37)27-16-20(2)8-11-28(27)41-31)25(18-34)32-35(13-12-29(38)39)26-10-9-21-6-4-5-7-23(21)30(26)42-32/h4-11,16,19H,3,12-15H2,1-2H3/p+1. The van der Waals surface area contributed by atoms with Crippen molar-refractivity contribution in [2.45, 2.75) is 38.1 Å². The zero-order valence-electron chi connectivity index (χ0n) is 23.1. The average Bonchev–Trinajstić information content (AvgIpc) is 3.54. The Labute approximate surface area is 251 Å². The number of carbonyl (C=O) groups excluding carboxylic acids is 1. The van der Waals surface area contributed by atoms with E-state index in [0.717, 1.165) is 37.1 Å². The van der Waals surface area contributed by atoms with Crippen LogP contribution in [0.15, 0.2) is 75.7 Å². The van der Waals surface area contributed by atoms with Crippen molar-refractivity contribution < 1.29 is 24.0 Å². The van der Waals surface area contributed by atoms with E-state index in [1.54, 1.807) is 0 Å². The van der Waals surface area contributed by atoms with Crippen molar-refractivity contribution in [3.8, 4) is 12.1 Å². The molecule has 0 fully saturated rings. The Morgan fingerprint density at radius 3 is 2.67 bits per heavy atom. The zero-order chi connectivity index (χ0) is 29.8. The van der Waals surface area contributed by atoms with E-state index in [-0.39, 0.29) is 19.6 Å². The summed E-state index contributed by atoms with van der Waals surface area (Å²) in [6.07, 6.45) is 0.287. The van der Waals surface area contributed by atoms with Crippen molar-refractivity contribution in [1.29, 1.82) is 10.5 Å². The maximum Gasteiger partial charge on any atom is 0.309 e. The van der Waals surface area contributed by atoms with E-state index in [1.807, 2.05) is 77.9 Å². The van der Waals surface area contributed by atoms with E-state index < -0.39 is 5.97 Å². The summed E-state index contributed by atoms with van der Waals surface area (Å²) < 4.78 is 7.85. The van der Waals surface area contributed by atoms with Gasteiger partial charge in [0.15, 0.2) is 6.54 Å². The molecule has 4 aromatic rings. The number of thioether (sulfide) groups is 1. The van der Waals surface area contributed by atoms with Gasteiger partial charge in [0.25, 0.3) is 11.5 Å². The Morgan fingerprint density at radius 1 is 1.14 bits per heavy atom. The van der Waals surface area contributed by atoms with E-state index >= 15 is 0 Å². The Balaban J connectivity index is 1.76. The number of benzene rings is 3. The lowest BCUT2D eigenvalue weighted by molar-refractivity contribution is -0.668. The number of fused-ring (bicyclic) bond motifs is 4. The van der Waals surface area contributed by atoms with Gasteiger partial charge >= 0.3 is 5.97 Å². The summed E-state index contributed by atoms with van der Waals surface area (Å²) in [5.41, 5.74) is 4.09. The normalized spacial score (nSPS) is 14.2. The first-order valence-corrected chi connectivity index (χ1v) is 15.0. The van der Waals surface area contributed by atoms with Gasteiger partial charge in [0.05, 0.1) is 22.8 Å². The van der Waals surface area contributed by atoms with Gasteiger partial charge in [-0.1, -0.05) is 60.4 Å². The van der Waals surface area contributed by atoms with Gasteiger partial charge in [-0.25, -0.2) is 0 Å². The highest BCUT2D eigenvalue weighted by molar-refractivity contribution is 8.03. The number of anilines is 1. The third kappa shape index (κ3) is 5.35. The van der Waals surface area contributed by atoms with E-state index in [2.05, 4.69) is 12.1 Å². The summed E-state index contributed by atoms with van der Waals surface area (Å²) in [5.74, 6) is -0.935. The van der Waals surface area contributed by atoms with Crippen LogP contribution in [0.4, 0.5) is 5.69 Å². The molecule has 1 aromatic heterocycles. The molecule has 0 atom stereocenters. The van der Waals surface area contributed by atoms with Crippen LogP contribution in [-0.4, -0.2) is 30.7 Å². The van der Waals surface area contributed by atoms with Crippen LogP contribution in [-0.2, 0) is 20.9 Å². The third-order valence-corrected chi connectivity index (χ3v) is 9.54. The number of rotatable bonds is 10. The summed E-state index contributed by atoms with van der Waals surface area (Å²) >= 11 is 2.89. The number of nitriles is 2. The first-order chi connectivity index (χ1) is 20.4. The molecule has 0 bridgehead atoms. The number of hydrogen-bond donors (Lipinski definition) is 1. The van der Waals surface area contributed by atoms with Gasteiger partial charge in [-0.3, -0.25) is 9.59 Å². The number of nitrogens with zero attached hydrogens (tertiary/aromatic N) is 4. The average molecular weight is 596 g/mol. The van der Waals surface area contributed by atoms with Crippen molar-refractivity contribution in [2.24, 2.45) is 0 Å². The van der Waals surface area contributed by atoms with Gasteiger partial charge in [0.1, 0.15) is 35.4 Å². The molecular weight excluding hydrogens is 569 g/mol. The number of carbonyl (C=O) groups is 2. The zero-order valence-corrected chi connectivity index (χ0v) is 24.7. The third-order valence-electron chi connectivity index (χ3n) is 7.11. The maximum atomic E-state index is 11.6. The fourth-order valence-electron chi connectivity index (χ4n) is 5.19. The van der Waals surface area contributed by atoms with Crippen molar-refractivity contribution in [3.63, 3.8) is 0 Å². The number of allylic oxidation sites excluding steroid dienone is 3. The Hall–Kier alpha value is -4.64. The summed E-state index contributed by atoms with van der Waals surface area (Å²) in [6.45, 7) is 4.96. The predicted molar refractivity (Wildman–Crippen MR) is 164 cm³/mol. The van der Waals surface area contributed by atoms with Gasteiger partial charge in [-0.15, -0.1) is 0 Å². The van der Waals surface area contributed by atoms with Crippen LogP contribution in [0.2, 0.25) is 0 Å². The molecule has 210 valence electrons. The smallest absolute Gasteiger partial charge is 0.309 e. The Kier molecular flexibility index (Phi) is 8.58. The van der Waals surface area contributed by atoms with Crippen LogP contribution in [0.3, 0.4) is 0 Å². The summed E-state index contributed by atoms with van der Waals surface area (Å²) in [5, 5.41) is 34.0. The number of aliphatic carboxylic acids is 1. The largest absolute Gasteiger partial charge is 0.481 e. The van der Waals surface area contributed by atoms with E-state index in [1.165, 1.54) is 23.1 Å². The molecule has 0 aliphatic carbocycles. The number of carboxylic acid groups (broad SMARTS) is 1. The van der Waals surface area contributed by atoms with Crippen LogP contribution in [0, 0.1) is 29.6 Å². The van der Waals surface area contributed by atoms with Crippen LogP contribution < -0.4 is 9.47 Å². The van der Waals surface area contributed by atoms with Crippen LogP contribution in [0.1, 0.15) is 30.3 Å². The van der Waals surface area contributed by atoms with E-state index in [0.29, 0.717) is 46.2 Å². The molecule has 0 saturated carbocycles. The highest BCUT2D eigenvalue weighted by atomic mass is 32.2. The molecule has 3 aromatic carbocycles. The number of ether oxygens (including phenoxy) is 1. The maximum absolute atomic E-state index is 11.6. The second-order valence-electron chi connectivity index (χ2n) is 9.64. The van der Waals surface area contributed by atoms with Gasteiger partial charge in [-0.2, -0.15) is 15.1 Å². The lowest BCUT2D eigenvalue weighted by Crippen LogP contribution is -2.37.